The van der Waals surface area contributed by atoms with Crippen LogP contribution in [0, 0.1) is 11.3 Å². The lowest BCUT2D eigenvalue weighted by Crippen LogP contribution is -2.45. The molecule has 14 heavy (non-hydrogen) atoms. The standard InChI is InChI=1S/C8H9BClFO3/c1-4(12)5-6(13)8(11,2-3-10)7(9)14-5/h4-7,12-13H,1H3/t4?,5-,6?,7?,8?/m1/s1. The van der Waals surface area contributed by atoms with Crippen molar-refractivity contribution in [2.45, 2.75) is 36.9 Å². The summed E-state index contributed by atoms with van der Waals surface area (Å²) in [6, 6.07) is -1.41. The first-order chi connectivity index (χ1) is 6.43. The Morgan fingerprint density at radius 3 is 2.64 bits per heavy atom. The van der Waals surface area contributed by atoms with Crippen molar-refractivity contribution < 1.29 is 19.3 Å². The van der Waals surface area contributed by atoms with Crippen LogP contribution in [-0.2, 0) is 4.74 Å². The van der Waals surface area contributed by atoms with Gasteiger partial charge in [-0.05, 0) is 24.4 Å². The van der Waals surface area contributed by atoms with Crippen molar-refractivity contribution in [3.63, 3.8) is 0 Å². The molecule has 1 fully saturated rings. The van der Waals surface area contributed by atoms with Crippen molar-refractivity contribution >= 4 is 19.4 Å². The van der Waals surface area contributed by atoms with Crippen molar-refractivity contribution in [2.75, 3.05) is 0 Å². The second-order valence-electron chi connectivity index (χ2n) is 3.19. The Balaban J connectivity index is 2.93. The fourth-order valence-corrected chi connectivity index (χ4v) is 1.49. The second kappa shape index (κ2) is 4.07. The van der Waals surface area contributed by atoms with Crippen LogP contribution in [0.2, 0.25) is 0 Å². The second-order valence-corrected chi connectivity index (χ2v) is 3.38. The van der Waals surface area contributed by atoms with E-state index in [-0.39, 0.29) is 0 Å². The molecule has 0 aromatic heterocycles. The Kier molecular flexibility index (Phi) is 3.43. The molecule has 1 aliphatic rings. The molecule has 76 valence electrons. The van der Waals surface area contributed by atoms with Crippen LogP contribution in [0.4, 0.5) is 4.39 Å². The quantitative estimate of drug-likeness (QED) is 0.462. The number of ether oxygens (including phenoxy) is 1. The summed E-state index contributed by atoms with van der Waals surface area (Å²) in [4.78, 5) is 0. The van der Waals surface area contributed by atoms with Gasteiger partial charge in [0.25, 0.3) is 0 Å². The Morgan fingerprint density at radius 1 is 1.71 bits per heavy atom. The topological polar surface area (TPSA) is 49.7 Å². The lowest BCUT2D eigenvalue weighted by molar-refractivity contribution is -0.0466. The van der Waals surface area contributed by atoms with E-state index in [1.807, 2.05) is 11.3 Å². The van der Waals surface area contributed by atoms with Crippen molar-refractivity contribution in [1.29, 1.82) is 0 Å². The number of rotatable bonds is 1. The van der Waals surface area contributed by atoms with E-state index in [0.29, 0.717) is 0 Å². The molecule has 4 unspecified atom stereocenters. The maximum Gasteiger partial charge on any atom is 0.217 e. The molecule has 6 heteroatoms. The Labute approximate surface area is 87.6 Å². The minimum Gasteiger partial charge on any atom is -0.391 e. The Bertz CT molecular complexity index is 277. The highest BCUT2D eigenvalue weighted by molar-refractivity contribution is 6.30. The summed E-state index contributed by atoms with van der Waals surface area (Å²) in [6.45, 7) is 1.36. The lowest BCUT2D eigenvalue weighted by atomic mass is 9.82. The summed E-state index contributed by atoms with van der Waals surface area (Å²) >= 11 is 5.04. The lowest BCUT2D eigenvalue weighted by Gasteiger charge is -2.21. The van der Waals surface area contributed by atoms with Crippen molar-refractivity contribution in [3.8, 4) is 11.3 Å². The van der Waals surface area contributed by atoms with E-state index in [1.54, 1.807) is 0 Å². The number of aliphatic hydroxyl groups is 2. The summed E-state index contributed by atoms with van der Waals surface area (Å²) < 4.78 is 18.7. The van der Waals surface area contributed by atoms with Crippen LogP contribution in [0.5, 0.6) is 0 Å². The number of alkyl halides is 1. The van der Waals surface area contributed by atoms with Gasteiger partial charge in [-0.25, -0.2) is 4.39 Å². The third kappa shape index (κ3) is 1.75. The average molecular weight is 218 g/mol. The highest BCUT2D eigenvalue weighted by atomic mass is 35.5. The predicted octanol–water partition coefficient (Wildman–Crippen LogP) is -0.471. The number of halogens is 2. The molecule has 1 rings (SSSR count). The maximum atomic E-state index is 13.8. The van der Waals surface area contributed by atoms with Crippen LogP contribution in [-0.4, -0.2) is 48.0 Å². The molecule has 0 saturated carbocycles. The fourth-order valence-electron chi connectivity index (χ4n) is 1.35. The summed E-state index contributed by atoms with van der Waals surface area (Å²) in [5.41, 5.74) is -2.43. The summed E-state index contributed by atoms with van der Waals surface area (Å²) in [7, 11) is 5.29. The molecular formula is C8H9BClFO3. The zero-order valence-electron chi connectivity index (χ0n) is 7.45. The number of hydrogen-bond donors (Lipinski definition) is 2. The highest BCUT2D eigenvalue weighted by Gasteiger charge is 2.55. The van der Waals surface area contributed by atoms with Crippen LogP contribution in [0.1, 0.15) is 6.92 Å². The molecular weight excluding hydrogens is 209 g/mol. The number of hydrogen-bond acceptors (Lipinski definition) is 3. The van der Waals surface area contributed by atoms with Crippen LogP contribution in [0.25, 0.3) is 0 Å². The molecule has 0 aromatic rings. The first-order valence-electron chi connectivity index (χ1n) is 4.02. The predicted molar refractivity (Wildman–Crippen MR) is 49.6 cm³/mol. The molecule has 1 heterocycles. The Hall–Kier alpha value is -0.275. The van der Waals surface area contributed by atoms with Gasteiger partial charge in [0.05, 0.1) is 12.1 Å². The molecule has 0 bridgehead atoms. The van der Waals surface area contributed by atoms with Crippen molar-refractivity contribution in [2.24, 2.45) is 0 Å². The molecule has 2 N–H and O–H groups in total. The van der Waals surface area contributed by atoms with Gasteiger partial charge in [0.1, 0.15) is 20.1 Å². The van der Waals surface area contributed by atoms with Gasteiger partial charge in [0.2, 0.25) is 5.67 Å². The van der Waals surface area contributed by atoms with Gasteiger partial charge in [-0.3, -0.25) is 0 Å². The molecule has 0 spiro atoms. The molecule has 0 aromatic carbocycles. The third-order valence-electron chi connectivity index (χ3n) is 2.17. The molecule has 1 saturated heterocycles. The van der Waals surface area contributed by atoms with Gasteiger partial charge in [-0.2, -0.15) is 0 Å². The van der Waals surface area contributed by atoms with Gasteiger partial charge < -0.3 is 14.9 Å². The zero-order chi connectivity index (χ0) is 10.9. The SMILES string of the molecule is [B]C1O[C@H](C(C)O)C(O)C1(F)C#CCl. The highest BCUT2D eigenvalue weighted by Crippen LogP contribution is 2.34. The monoisotopic (exact) mass is 218 g/mol. The maximum absolute atomic E-state index is 13.8. The molecule has 3 nitrogen and oxygen atoms in total. The largest absolute Gasteiger partial charge is 0.391 e. The minimum absolute atomic E-state index is 1.04. The van der Waals surface area contributed by atoms with Crippen LogP contribution < -0.4 is 0 Å². The first kappa shape index (κ1) is 11.8. The van der Waals surface area contributed by atoms with E-state index < -0.39 is 30.0 Å². The molecule has 0 amide bonds. The van der Waals surface area contributed by atoms with Crippen molar-refractivity contribution in [3.05, 3.63) is 0 Å². The van der Waals surface area contributed by atoms with Crippen LogP contribution in [0.3, 0.4) is 0 Å². The van der Waals surface area contributed by atoms with Crippen LogP contribution in [0.15, 0.2) is 0 Å². The van der Waals surface area contributed by atoms with Gasteiger partial charge in [0, 0.05) is 5.38 Å². The fraction of sp³-hybridized carbons (Fsp3) is 0.750. The van der Waals surface area contributed by atoms with E-state index >= 15 is 0 Å². The van der Waals surface area contributed by atoms with E-state index in [0.717, 1.165) is 0 Å². The van der Waals surface area contributed by atoms with Gasteiger partial charge in [-0.1, -0.05) is 0 Å². The van der Waals surface area contributed by atoms with E-state index in [4.69, 9.17) is 29.3 Å². The molecule has 0 aliphatic carbocycles. The zero-order valence-corrected chi connectivity index (χ0v) is 8.20. The van der Waals surface area contributed by atoms with Gasteiger partial charge in [0.15, 0.2) is 0 Å². The van der Waals surface area contributed by atoms with E-state index in [1.165, 1.54) is 6.92 Å². The molecule has 2 radical (unpaired) electrons. The van der Waals surface area contributed by atoms with E-state index in [2.05, 4.69) is 0 Å². The third-order valence-corrected chi connectivity index (χ3v) is 2.27. The average Bonchev–Trinajstić information content (AvgIpc) is 2.31. The summed E-state index contributed by atoms with van der Waals surface area (Å²) in [5, 5.41) is 20.4. The smallest absolute Gasteiger partial charge is 0.217 e. The van der Waals surface area contributed by atoms with E-state index in [9.17, 15) is 9.50 Å². The number of aliphatic hydroxyl groups excluding tert-OH is 2. The Morgan fingerprint density at radius 2 is 2.29 bits per heavy atom. The van der Waals surface area contributed by atoms with Gasteiger partial charge in [-0.15, -0.1) is 0 Å². The summed E-state index contributed by atoms with van der Waals surface area (Å²) in [6.07, 6.45) is -3.73. The van der Waals surface area contributed by atoms with Crippen LogP contribution >= 0.6 is 11.6 Å². The first-order valence-corrected chi connectivity index (χ1v) is 4.40. The van der Waals surface area contributed by atoms with Crippen molar-refractivity contribution in [1.82, 2.24) is 0 Å². The summed E-state index contributed by atoms with van der Waals surface area (Å²) in [5.74, 6) is 1.94. The minimum atomic E-state index is -2.43. The van der Waals surface area contributed by atoms with Gasteiger partial charge >= 0.3 is 0 Å². The molecule has 5 atom stereocenters. The molecule has 1 aliphatic heterocycles. The normalized spacial score (nSPS) is 44.2.